The quantitative estimate of drug-likeness (QED) is 0.842. The number of aliphatic hydroxyl groups excluding tert-OH is 1. The minimum atomic E-state index is -0.302. The van der Waals surface area contributed by atoms with Crippen LogP contribution in [0.1, 0.15) is 19.2 Å². The summed E-state index contributed by atoms with van der Waals surface area (Å²) < 4.78 is 0. The van der Waals surface area contributed by atoms with E-state index in [0.29, 0.717) is 11.7 Å². The zero-order valence-electron chi connectivity index (χ0n) is 11.7. The fraction of sp³-hybridized carbons (Fsp3) is 0.692. The van der Waals surface area contributed by atoms with Crippen molar-refractivity contribution in [2.75, 3.05) is 32.1 Å². The van der Waals surface area contributed by atoms with Crippen molar-refractivity contribution in [3.05, 3.63) is 17.0 Å². The van der Waals surface area contributed by atoms with E-state index in [9.17, 15) is 5.11 Å². The van der Waals surface area contributed by atoms with Crippen LogP contribution in [0.15, 0.2) is 6.07 Å². The van der Waals surface area contributed by atoms with Crippen molar-refractivity contribution >= 4 is 17.4 Å². The summed E-state index contributed by atoms with van der Waals surface area (Å²) in [6.45, 7) is 3.50. The predicted molar refractivity (Wildman–Crippen MR) is 76.7 cm³/mol. The van der Waals surface area contributed by atoms with E-state index in [1.165, 1.54) is 0 Å². The molecule has 1 aliphatic rings. The second-order valence-corrected chi connectivity index (χ2v) is 5.66. The summed E-state index contributed by atoms with van der Waals surface area (Å²) in [7, 11) is 4.07. The molecule has 0 aromatic carbocycles. The van der Waals surface area contributed by atoms with Crippen LogP contribution in [0.2, 0.25) is 5.15 Å². The van der Waals surface area contributed by atoms with Crippen LogP contribution >= 0.6 is 11.6 Å². The summed E-state index contributed by atoms with van der Waals surface area (Å²) in [6.07, 6.45) is 1.22. The van der Waals surface area contributed by atoms with Crippen LogP contribution in [-0.2, 0) is 6.42 Å². The van der Waals surface area contributed by atoms with E-state index in [1.54, 1.807) is 6.07 Å². The number of aryl methyl sites for hydroxylation is 1. The van der Waals surface area contributed by atoms with Gasteiger partial charge in [0.1, 0.15) is 16.8 Å². The lowest BCUT2D eigenvalue weighted by molar-refractivity contribution is 0.191. The second kappa shape index (κ2) is 6.03. The number of aromatic nitrogens is 2. The van der Waals surface area contributed by atoms with E-state index in [0.717, 1.165) is 31.0 Å². The molecule has 19 heavy (non-hydrogen) atoms. The van der Waals surface area contributed by atoms with Gasteiger partial charge in [0.05, 0.1) is 6.10 Å². The number of hydrogen-bond donors (Lipinski definition) is 1. The van der Waals surface area contributed by atoms with Crippen LogP contribution in [0.5, 0.6) is 0 Å². The first-order chi connectivity index (χ1) is 8.99. The SMILES string of the molecule is CCc1nc(Cl)cc(N2CC(O)CC2CN(C)C)n1. The van der Waals surface area contributed by atoms with E-state index in [2.05, 4.69) is 19.8 Å². The highest BCUT2D eigenvalue weighted by atomic mass is 35.5. The highest BCUT2D eigenvalue weighted by Crippen LogP contribution is 2.26. The van der Waals surface area contributed by atoms with Gasteiger partial charge in [0.25, 0.3) is 0 Å². The van der Waals surface area contributed by atoms with Crippen LogP contribution in [0.25, 0.3) is 0 Å². The standard InChI is InChI=1S/C13H21ClN4O/c1-4-12-15-11(14)6-13(16-12)18-8-10(19)5-9(18)7-17(2)3/h6,9-10,19H,4-5,7-8H2,1-3H3. The van der Waals surface area contributed by atoms with E-state index in [1.807, 2.05) is 21.0 Å². The van der Waals surface area contributed by atoms with Crippen molar-refractivity contribution in [2.24, 2.45) is 0 Å². The normalized spacial score (nSPS) is 23.4. The second-order valence-electron chi connectivity index (χ2n) is 5.28. The van der Waals surface area contributed by atoms with Crippen LogP contribution in [0, 0.1) is 0 Å². The molecule has 0 radical (unpaired) electrons. The lowest BCUT2D eigenvalue weighted by Crippen LogP contribution is -2.38. The van der Waals surface area contributed by atoms with Crippen molar-refractivity contribution in [2.45, 2.75) is 31.9 Å². The summed E-state index contributed by atoms with van der Waals surface area (Å²) in [4.78, 5) is 13.0. The molecular formula is C13H21ClN4O. The smallest absolute Gasteiger partial charge is 0.134 e. The minimum Gasteiger partial charge on any atom is -0.391 e. The van der Waals surface area contributed by atoms with Gasteiger partial charge in [0, 0.05) is 31.6 Å². The zero-order valence-corrected chi connectivity index (χ0v) is 12.4. The Bertz CT molecular complexity index is 441. The molecule has 6 heteroatoms. The molecule has 1 fully saturated rings. The molecule has 2 atom stereocenters. The Balaban J connectivity index is 2.25. The van der Waals surface area contributed by atoms with Gasteiger partial charge < -0.3 is 14.9 Å². The number of anilines is 1. The number of β-amino-alcohol motifs (C(OH)–C–C–N with tert-alkyl or cyclic N) is 1. The number of nitrogens with zero attached hydrogens (tertiary/aromatic N) is 4. The van der Waals surface area contributed by atoms with Crippen molar-refractivity contribution in [1.29, 1.82) is 0 Å². The molecule has 0 amide bonds. The predicted octanol–water partition coefficient (Wildman–Crippen LogP) is 1.19. The first kappa shape index (κ1) is 14.5. The zero-order chi connectivity index (χ0) is 14.0. The van der Waals surface area contributed by atoms with E-state index in [4.69, 9.17) is 11.6 Å². The molecule has 0 spiro atoms. The van der Waals surface area contributed by atoms with Crippen molar-refractivity contribution in [3.8, 4) is 0 Å². The maximum atomic E-state index is 9.90. The lowest BCUT2D eigenvalue weighted by atomic mass is 10.2. The third-order valence-electron chi connectivity index (χ3n) is 3.31. The average Bonchev–Trinajstić information content (AvgIpc) is 2.68. The number of aliphatic hydroxyl groups is 1. The fourth-order valence-corrected chi connectivity index (χ4v) is 2.72. The van der Waals surface area contributed by atoms with Crippen molar-refractivity contribution in [1.82, 2.24) is 14.9 Å². The molecule has 106 valence electrons. The Morgan fingerprint density at radius 2 is 2.21 bits per heavy atom. The van der Waals surface area contributed by atoms with Crippen LogP contribution in [-0.4, -0.2) is 59.3 Å². The molecule has 0 saturated carbocycles. The van der Waals surface area contributed by atoms with Gasteiger partial charge in [-0.15, -0.1) is 0 Å². The van der Waals surface area contributed by atoms with E-state index < -0.39 is 0 Å². The van der Waals surface area contributed by atoms with Gasteiger partial charge in [0.15, 0.2) is 0 Å². The first-order valence-corrected chi connectivity index (χ1v) is 7.00. The van der Waals surface area contributed by atoms with Crippen LogP contribution < -0.4 is 4.90 Å². The Hall–Kier alpha value is -0.910. The molecule has 2 rings (SSSR count). The Morgan fingerprint density at radius 3 is 2.84 bits per heavy atom. The van der Waals surface area contributed by atoms with Gasteiger partial charge in [-0.1, -0.05) is 18.5 Å². The van der Waals surface area contributed by atoms with Gasteiger partial charge in [-0.3, -0.25) is 0 Å². The maximum Gasteiger partial charge on any atom is 0.134 e. The largest absolute Gasteiger partial charge is 0.391 e. The lowest BCUT2D eigenvalue weighted by Gasteiger charge is -2.28. The van der Waals surface area contributed by atoms with Gasteiger partial charge in [-0.05, 0) is 20.5 Å². The summed E-state index contributed by atoms with van der Waals surface area (Å²) in [5.74, 6) is 1.56. The fourth-order valence-electron chi connectivity index (χ4n) is 2.52. The molecule has 1 N–H and O–H groups in total. The monoisotopic (exact) mass is 284 g/mol. The topological polar surface area (TPSA) is 52.5 Å². The third-order valence-corrected chi connectivity index (χ3v) is 3.50. The number of rotatable bonds is 4. The molecule has 1 aliphatic heterocycles. The summed E-state index contributed by atoms with van der Waals surface area (Å²) in [6, 6.07) is 2.04. The minimum absolute atomic E-state index is 0.265. The Kier molecular flexibility index (Phi) is 4.60. The maximum absolute atomic E-state index is 9.90. The average molecular weight is 285 g/mol. The molecule has 0 aliphatic carbocycles. The number of likely N-dealkylation sites (N-methyl/N-ethyl adjacent to an activating group) is 1. The Morgan fingerprint density at radius 1 is 1.47 bits per heavy atom. The first-order valence-electron chi connectivity index (χ1n) is 6.62. The van der Waals surface area contributed by atoms with E-state index >= 15 is 0 Å². The third kappa shape index (κ3) is 3.55. The summed E-state index contributed by atoms with van der Waals surface area (Å²) >= 11 is 6.05. The van der Waals surface area contributed by atoms with Gasteiger partial charge in [0.2, 0.25) is 0 Å². The molecule has 1 aromatic heterocycles. The van der Waals surface area contributed by atoms with E-state index in [-0.39, 0.29) is 12.1 Å². The van der Waals surface area contributed by atoms with Crippen molar-refractivity contribution < 1.29 is 5.11 Å². The molecule has 1 aromatic rings. The number of hydrogen-bond acceptors (Lipinski definition) is 5. The number of halogens is 1. The van der Waals surface area contributed by atoms with Crippen LogP contribution in [0.4, 0.5) is 5.82 Å². The van der Waals surface area contributed by atoms with Crippen molar-refractivity contribution in [3.63, 3.8) is 0 Å². The summed E-state index contributed by atoms with van der Waals surface area (Å²) in [5, 5.41) is 10.4. The summed E-state index contributed by atoms with van der Waals surface area (Å²) in [5.41, 5.74) is 0. The molecule has 0 bridgehead atoms. The molecule has 1 saturated heterocycles. The molecule has 5 nitrogen and oxygen atoms in total. The Labute approximate surface area is 119 Å². The highest BCUT2D eigenvalue weighted by molar-refractivity contribution is 6.29. The molecular weight excluding hydrogens is 264 g/mol. The highest BCUT2D eigenvalue weighted by Gasteiger charge is 2.32. The molecule has 2 heterocycles. The van der Waals surface area contributed by atoms with Crippen LogP contribution in [0.3, 0.4) is 0 Å². The van der Waals surface area contributed by atoms with Gasteiger partial charge >= 0.3 is 0 Å². The van der Waals surface area contributed by atoms with Gasteiger partial charge in [-0.2, -0.15) is 0 Å². The molecule has 2 unspecified atom stereocenters. The van der Waals surface area contributed by atoms with Gasteiger partial charge in [-0.25, -0.2) is 9.97 Å².